The fourth-order valence-electron chi connectivity index (χ4n) is 3.63. The van der Waals surface area contributed by atoms with Gasteiger partial charge in [0.2, 0.25) is 0 Å². The number of anilines is 1. The molecule has 4 rings (SSSR count). The van der Waals surface area contributed by atoms with Crippen molar-refractivity contribution in [1.82, 2.24) is 4.90 Å². The maximum atomic E-state index is 13.0. The average molecular weight is 361 g/mol. The number of hydrogen-bond acceptors (Lipinski definition) is 4. The van der Waals surface area contributed by atoms with Crippen LogP contribution < -0.4 is 4.90 Å². The van der Waals surface area contributed by atoms with Crippen LogP contribution in [0.4, 0.5) is 10.5 Å². The highest BCUT2D eigenvalue weighted by Crippen LogP contribution is 2.32. The molecule has 2 aromatic rings. The normalized spacial score (nSPS) is 18.7. The monoisotopic (exact) mass is 361 g/mol. The number of hydrogen-bond donors (Lipinski definition) is 0. The number of fused-ring (bicyclic) bond motifs is 3. The molecule has 1 saturated heterocycles. The Labute approximate surface area is 157 Å². The number of amides is 2. The van der Waals surface area contributed by atoms with E-state index in [0.717, 1.165) is 16.8 Å². The Bertz CT molecular complexity index is 946. The number of ether oxygens (including phenoxy) is 1. The van der Waals surface area contributed by atoms with Gasteiger partial charge in [-0.3, -0.25) is 9.69 Å². The van der Waals surface area contributed by atoms with Crippen LogP contribution in [0.5, 0.6) is 0 Å². The van der Waals surface area contributed by atoms with Gasteiger partial charge < -0.3 is 9.64 Å². The topological polar surface area (TPSA) is 73.6 Å². The molecule has 136 valence electrons. The molecule has 2 aliphatic rings. The van der Waals surface area contributed by atoms with Crippen molar-refractivity contribution < 1.29 is 14.3 Å². The minimum Gasteiger partial charge on any atom is -0.447 e. The van der Waals surface area contributed by atoms with Crippen LogP contribution in [-0.2, 0) is 11.3 Å². The van der Waals surface area contributed by atoms with Gasteiger partial charge in [-0.1, -0.05) is 12.1 Å². The van der Waals surface area contributed by atoms with Crippen LogP contribution in [-0.4, -0.2) is 36.1 Å². The van der Waals surface area contributed by atoms with Crippen molar-refractivity contribution in [3.05, 3.63) is 64.7 Å². The fraction of sp³-hybridized carbons (Fsp3) is 0.286. The molecule has 2 amide bonds. The van der Waals surface area contributed by atoms with Crippen LogP contribution in [0.25, 0.3) is 0 Å². The Morgan fingerprint density at radius 3 is 2.74 bits per heavy atom. The van der Waals surface area contributed by atoms with Crippen LogP contribution in [0.3, 0.4) is 0 Å². The average Bonchev–Trinajstić information content (AvgIpc) is 3.03. The van der Waals surface area contributed by atoms with Crippen molar-refractivity contribution in [2.24, 2.45) is 0 Å². The first-order valence-electron chi connectivity index (χ1n) is 8.92. The van der Waals surface area contributed by atoms with Gasteiger partial charge in [-0.15, -0.1) is 0 Å². The molecule has 6 nitrogen and oxygen atoms in total. The molecule has 0 radical (unpaired) electrons. The first-order valence-corrected chi connectivity index (χ1v) is 8.92. The fourth-order valence-corrected chi connectivity index (χ4v) is 3.63. The molecule has 0 aromatic heterocycles. The SMILES string of the molecule is Cc1ccc2c(c1)N1C(=O)OC[C@@H]1CCN(C(=O)c1ccc(C#N)cc1)C2. The summed E-state index contributed by atoms with van der Waals surface area (Å²) in [5, 5.41) is 8.94. The van der Waals surface area contributed by atoms with E-state index in [1.54, 1.807) is 34.1 Å². The van der Waals surface area contributed by atoms with E-state index in [0.29, 0.717) is 37.2 Å². The number of nitriles is 1. The van der Waals surface area contributed by atoms with Crippen LogP contribution in [0.15, 0.2) is 42.5 Å². The standard InChI is InChI=1S/C21H19N3O3/c1-14-2-5-17-12-23(20(25)16-6-3-15(11-22)4-7-16)9-8-18-13-27-21(26)24(18)19(17)10-14/h2-7,10,18H,8-9,12-13H2,1H3/t18-/m0/s1. The highest BCUT2D eigenvalue weighted by Gasteiger charge is 2.37. The number of carbonyl (C=O) groups excluding carboxylic acids is 2. The molecule has 2 aromatic carbocycles. The minimum atomic E-state index is -0.321. The molecule has 0 N–H and O–H groups in total. The summed E-state index contributed by atoms with van der Waals surface area (Å²) in [4.78, 5) is 28.8. The first kappa shape index (κ1) is 17.1. The van der Waals surface area contributed by atoms with Crippen LogP contribution in [0.2, 0.25) is 0 Å². The van der Waals surface area contributed by atoms with Crippen molar-refractivity contribution in [1.29, 1.82) is 5.26 Å². The van der Waals surface area contributed by atoms with Crippen molar-refractivity contribution >= 4 is 17.7 Å². The van der Waals surface area contributed by atoms with Crippen LogP contribution in [0.1, 0.15) is 33.5 Å². The van der Waals surface area contributed by atoms with E-state index in [9.17, 15) is 9.59 Å². The van der Waals surface area contributed by atoms with Gasteiger partial charge in [0.15, 0.2) is 0 Å². The molecule has 2 heterocycles. The molecule has 27 heavy (non-hydrogen) atoms. The predicted octanol–water partition coefficient (Wildman–Crippen LogP) is 3.24. The third-order valence-electron chi connectivity index (χ3n) is 5.10. The number of carbonyl (C=O) groups is 2. The summed E-state index contributed by atoms with van der Waals surface area (Å²) < 4.78 is 5.27. The molecule has 0 unspecified atom stereocenters. The Kier molecular flexibility index (Phi) is 4.28. The Morgan fingerprint density at radius 1 is 1.22 bits per heavy atom. The summed E-state index contributed by atoms with van der Waals surface area (Å²) >= 11 is 0. The zero-order valence-electron chi connectivity index (χ0n) is 15.0. The maximum Gasteiger partial charge on any atom is 0.414 e. The molecular weight excluding hydrogens is 342 g/mol. The second-order valence-corrected chi connectivity index (χ2v) is 6.94. The molecule has 6 heteroatoms. The van der Waals surface area contributed by atoms with Gasteiger partial charge in [-0.25, -0.2) is 4.79 Å². The Morgan fingerprint density at radius 2 is 2.00 bits per heavy atom. The van der Waals surface area contributed by atoms with Crippen molar-refractivity contribution in [2.45, 2.75) is 25.9 Å². The van der Waals surface area contributed by atoms with Gasteiger partial charge in [0.1, 0.15) is 6.61 Å². The van der Waals surface area contributed by atoms with Crippen molar-refractivity contribution in [3.63, 3.8) is 0 Å². The van der Waals surface area contributed by atoms with Crippen molar-refractivity contribution in [3.8, 4) is 6.07 Å². The molecule has 0 aliphatic carbocycles. The number of aryl methyl sites for hydroxylation is 1. The van der Waals surface area contributed by atoms with Gasteiger partial charge in [-0.05, 0) is 54.8 Å². The quantitative estimate of drug-likeness (QED) is 0.782. The summed E-state index contributed by atoms with van der Waals surface area (Å²) in [5.41, 5.74) is 3.87. The third kappa shape index (κ3) is 3.13. The first-order chi connectivity index (χ1) is 13.1. The van der Waals surface area contributed by atoms with Crippen LogP contribution >= 0.6 is 0 Å². The minimum absolute atomic E-state index is 0.0744. The molecule has 0 spiro atoms. The van der Waals surface area contributed by atoms with E-state index >= 15 is 0 Å². The van der Waals surface area contributed by atoms with E-state index in [1.807, 2.05) is 25.1 Å². The molecule has 1 fully saturated rings. The van der Waals surface area contributed by atoms with E-state index in [4.69, 9.17) is 10.00 Å². The lowest BCUT2D eigenvalue weighted by Crippen LogP contribution is -2.42. The molecule has 1 atom stereocenters. The van der Waals surface area contributed by atoms with E-state index in [1.165, 1.54) is 0 Å². The lowest BCUT2D eigenvalue weighted by molar-refractivity contribution is 0.0734. The smallest absolute Gasteiger partial charge is 0.414 e. The zero-order valence-corrected chi connectivity index (χ0v) is 15.0. The van der Waals surface area contributed by atoms with Gasteiger partial charge in [0.05, 0.1) is 23.4 Å². The third-order valence-corrected chi connectivity index (χ3v) is 5.10. The van der Waals surface area contributed by atoms with Gasteiger partial charge in [0.25, 0.3) is 5.91 Å². The van der Waals surface area contributed by atoms with E-state index in [-0.39, 0.29) is 18.0 Å². The molecular formula is C21H19N3O3. The van der Waals surface area contributed by atoms with E-state index in [2.05, 4.69) is 6.07 Å². The van der Waals surface area contributed by atoms with Gasteiger partial charge >= 0.3 is 6.09 Å². The number of nitrogens with zero attached hydrogens (tertiary/aromatic N) is 3. The molecule has 0 saturated carbocycles. The molecule has 0 bridgehead atoms. The summed E-state index contributed by atoms with van der Waals surface area (Å²) in [6.45, 7) is 3.27. The lowest BCUT2D eigenvalue weighted by atomic mass is 10.0. The van der Waals surface area contributed by atoms with E-state index < -0.39 is 0 Å². The second-order valence-electron chi connectivity index (χ2n) is 6.94. The largest absolute Gasteiger partial charge is 0.447 e. The maximum absolute atomic E-state index is 13.0. The highest BCUT2D eigenvalue weighted by atomic mass is 16.6. The zero-order chi connectivity index (χ0) is 19.0. The second kappa shape index (κ2) is 6.76. The Balaban J connectivity index is 1.68. The van der Waals surface area contributed by atoms with Crippen LogP contribution in [0, 0.1) is 18.3 Å². The van der Waals surface area contributed by atoms with Gasteiger partial charge in [0, 0.05) is 18.7 Å². The predicted molar refractivity (Wildman–Crippen MR) is 99.3 cm³/mol. The number of rotatable bonds is 1. The summed E-state index contributed by atoms with van der Waals surface area (Å²) in [6, 6.07) is 14.6. The Hall–Kier alpha value is -3.33. The lowest BCUT2D eigenvalue weighted by Gasteiger charge is -2.32. The number of benzene rings is 2. The summed E-state index contributed by atoms with van der Waals surface area (Å²) in [6.07, 6.45) is 0.333. The van der Waals surface area contributed by atoms with Gasteiger partial charge in [-0.2, -0.15) is 5.26 Å². The highest BCUT2D eigenvalue weighted by molar-refractivity contribution is 5.95. The summed E-state index contributed by atoms with van der Waals surface area (Å²) in [5.74, 6) is -0.0790. The molecule has 2 aliphatic heterocycles. The van der Waals surface area contributed by atoms with Crippen molar-refractivity contribution in [2.75, 3.05) is 18.1 Å². The summed E-state index contributed by atoms with van der Waals surface area (Å²) in [7, 11) is 0. The number of cyclic esters (lactones) is 1.